The number of nitrogens with zero attached hydrogens (tertiary/aromatic N) is 3. The Morgan fingerprint density at radius 2 is 1.78 bits per heavy atom. The van der Waals surface area contributed by atoms with Crippen molar-refractivity contribution in [1.82, 2.24) is 19.6 Å². The minimum Gasteiger partial charge on any atom is -0.454 e. The van der Waals surface area contributed by atoms with Gasteiger partial charge in [-0.1, -0.05) is 6.07 Å². The Hall–Kier alpha value is -3.27. The van der Waals surface area contributed by atoms with E-state index in [0.717, 1.165) is 5.56 Å². The molecule has 3 heterocycles. The number of aromatic nitrogens is 2. The van der Waals surface area contributed by atoms with Crippen LogP contribution < -0.4 is 20.5 Å². The predicted molar refractivity (Wildman–Crippen MR) is 116 cm³/mol. The summed E-state index contributed by atoms with van der Waals surface area (Å²) in [6.07, 6.45) is 1.25. The number of ether oxygens (including phenoxy) is 3. The monoisotopic (exact) mass is 444 g/mol. The second kappa shape index (κ2) is 8.70. The minimum atomic E-state index is -0.604. The Balaban J connectivity index is 1.37. The maximum absolute atomic E-state index is 12.7. The van der Waals surface area contributed by atoms with Gasteiger partial charge >= 0.3 is 11.7 Å². The highest BCUT2D eigenvalue weighted by Crippen LogP contribution is 2.32. The molecular formula is C22H28N4O6. The zero-order chi connectivity index (χ0) is 22.9. The molecule has 0 radical (unpaired) electrons. The van der Waals surface area contributed by atoms with Crippen molar-refractivity contribution in [3.05, 3.63) is 56.1 Å². The van der Waals surface area contributed by atoms with Gasteiger partial charge in [0.15, 0.2) is 11.5 Å². The summed E-state index contributed by atoms with van der Waals surface area (Å²) >= 11 is 0. The standard InChI is InChI=1S/C22H28N4O6/c1-22(2,3)32-21(29)25-8-6-24(7-9-25)13-16-11-23-26(20(28)19(16)27)12-15-4-5-17-18(10-15)31-14-30-17/h4-5,10-11,23H,6-9,12-14H2,1-3H3. The zero-order valence-electron chi connectivity index (χ0n) is 18.6. The fourth-order valence-corrected chi connectivity index (χ4v) is 3.65. The van der Waals surface area contributed by atoms with Gasteiger partial charge in [0.2, 0.25) is 6.79 Å². The van der Waals surface area contributed by atoms with Gasteiger partial charge in [-0.25, -0.2) is 9.48 Å². The third-order valence-electron chi connectivity index (χ3n) is 5.32. The molecule has 1 N–H and O–H groups in total. The largest absolute Gasteiger partial charge is 0.454 e. The average molecular weight is 444 g/mol. The minimum absolute atomic E-state index is 0.177. The number of benzene rings is 1. The number of amides is 1. The van der Waals surface area contributed by atoms with Gasteiger partial charge in [0.25, 0.3) is 5.43 Å². The van der Waals surface area contributed by atoms with E-state index in [2.05, 4.69) is 5.10 Å². The molecule has 32 heavy (non-hydrogen) atoms. The second-order valence-corrected chi connectivity index (χ2v) is 8.95. The highest BCUT2D eigenvalue weighted by molar-refractivity contribution is 5.68. The van der Waals surface area contributed by atoms with Gasteiger partial charge in [-0.3, -0.25) is 14.5 Å². The Labute approximate surface area is 185 Å². The molecule has 10 heteroatoms. The molecule has 1 saturated heterocycles. The van der Waals surface area contributed by atoms with Crippen LogP contribution in [0, 0.1) is 0 Å². The van der Waals surface area contributed by atoms with Crippen molar-refractivity contribution >= 4 is 6.09 Å². The maximum atomic E-state index is 12.7. The number of aromatic amines is 1. The van der Waals surface area contributed by atoms with Crippen LogP contribution in [0.3, 0.4) is 0 Å². The van der Waals surface area contributed by atoms with E-state index in [1.54, 1.807) is 23.2 Å². The molecule has 4 rings (SSSR count). The molecule has 2 aromatic rings. The molecule has 0 aliphatic carbocycles. The van der Waals surface area contributed by atoms with E-state index in [9.17, 15) is 14.4 Å². The lowest BCUT2D eigenvalue weighted by molar-refractivity contribution is 0.0138. The molecule has 0 saturated carbocycles. The van der Waals surface area contributed by atoms with Crippen LogP contribution in [0.4, 0.5) is 4.79 Å². The van der Waals surface area contributed by atoms with Crippen LogP contribution >= 0.6 is 0 Å². The number of piperazine rings is 1. The summed E-state index contributed by atoms with van der Waals surface area (Å²) in [7, 11) is 0. The lowest BCUT2D eigenvalue weighted by Gasteiger charge is -2.35. The first-order chi connectivity index (χ1) is 15.2. The van der Waals surface area contributed by atoms with Gasteiger partial charge in [0, 0.05) is 44.5 Å². The summed E-state index contributed by atoms with van der Waals surface area (Å²) in [4.78, 5) is 41.2. The zero-order valence-corrected chi connectivity index (χ0v) is 18.6. The van der Waals surface area contributed by atoms with Crippen molar-refractivity contribution in [2.75, 3.05) is 33.0 Å². The Bertz CT molecular complexity index is 1110. The Morgan fingerprint density at radius 3 is 2.50 bits per heavy atom. The van der Waals surface area contributed by atoms with E-state index in [1.807, 2.05) is 31.7 Å². The molecular weight excluding hydrogens is 416 g/mol. The number of carbonyl (C=O) groups excluding carboxylic acids is 1. The first-order valence-electron chi connectivity index (χ1n) is 10.6. The molecule has 0 bridgehead atoms. The summed E-state index contributed by atoms with van der Waals surface area (Å²) < 4.78 is 17.3. The van der Waals surface area contributed by atoms with Crippen LogP contribution in [-0.2, 0) is 17.8 Å². The highest BCUT2D eigenvalue weighted by atomic mass is 16.7. The number of carbonyl (C=O) groups is 1. The summed E-state index contributed by atoms with van der Waals surface area (Å²) in [6.45, 7) is 8.46. The third-order valence-corrected chi connectivity index (χ3v) is 5.32. The number of H-pyrrole nitrogens is 1. The highest BCUT2D eigenvalue weighted by Gasteiger charge is 2.26. The van der Waals surface area contributed by atoms with E-state index in [1.165, 1.54) is 4.68 Å². The van der Waals surface area contributed by atoms with Gasteiger partial charge in [-0.2, -0.15) is 0 Å². The van der Waals surface area contributed by atoms with E-state index >= 15 is 0 Å². The summed E-state index contributed by atoms with van der Waals surface area (Å²) in [5.41, 5.74) is -0.446. The number of hydrogen-bond acceptors (Lipinski definition) is 7. The Kier molecular flexibility index (Phi) is 5.96. The number of hydrogen-bond donors (Lipinski definition) is 1. The summed E-state index contributed by atoms with van der Waals surface area (Å²) in [5.74, 6) is 1.29. The van der Waals surface area contributed by atoms with Crippen molar-refractivity contribution in [2.45, 2.75) is 39.5 Å². The topological polar surface area (TPSA) is 106 Å². The molecule has 0 unspecified atom stereocenters. The van der Waals surface area contributed by atoms with Crippen LogP contribution in [0.1, 0.15) is 31.9 Å². The normalized spacial score (nSPS) is 16.3. The molecule has 0 atom stereocenters. The molecule has 2 aliphatic heterocycles. The van der Waals surface area contributed by atoms with Crippen LogP contribution in [-0.4, -0.2) is 64.2 Å². The molecule has 1 fully saturated rings. The van der Waals surface area contributed by atoms with Gasteiger partial charge in [-0.15, -0.1) is 0 Å². The van der Waals surface area contributed by atoms with Crippen LogP contribution in [0.5, 0.6) is 11.5 Å². The molecule has 1 amide bonds. The third kappa shape index (κ3) is 4.96. The van der Waals surface area contributed by atoms with Crippen molar-refractivity contribution in [2.24, 2.45) is 0 Å². The van der Waals surface area contributed by atoms with Crippen LogP contribution in [0.25, 0.3) is 0 Å². The van der Waals surface area contributed by atoms with E-state index in [4.69, 9.17) is 14.2 Å². The number of nitrogens with one attached hydrogen (secondary N) is 1. The average Bonchev–Trinajstić information content (AvgIpc) is 3.21. The van der Waals surface area contributed by atoms with Gasteiger partial charge in [0.1, 0.15) is 5.60 Å². The fourth-order valence-electron chi connectivity index (χ4n) is 3.65. The summed E-state index contributed by atoms with van der Waals surface area (Å²) in [6, 6.07) is 5.41. The molecule has 10 nitrogen and oxygen atoms in total. The Morgan fingerprint density at radius 1 is 1.06 bits per heavy atom. The lowest BCUT2D eigenvalue weighted by Crippen LogP contribution is -2.50. The van der Waals surface area contributed by atoms with E-state index in [0.29, 0.717) is 49.8 Å². The number of rotatable bonds is 4. The lowest BCUT2D eigenvalue weighted by atomic mass is 10.2. The van der Waals surface area contributed by atoms with Gasteiger partial charge in [-0.05, 0) is 38.5 Å². The van der Waals surface area contributed by atoms with E-state index in [-0.39, 0.29) is 19.4 Å². The maximum Gasteiger partial charge on any atom is 0.410 e. The van der Waals surface area contributed by atoms with Gasteiger partial charge in [0.05, 0.1) is 6.54 Å². The molecule has 172 valence electrons. The quantitative estimate of drug-likeness (QED) is 0.710. The van der Waals surface area contributed by atoms with Crippen molar-refractivity contribution < 1.29 is 19.0 Å². The van der Waals surface area contributed by atoms with Crippen molar-refractivity contribution in [1.29, 1.82) is 0 Å². The molecule has 0 spiro atoms. The fraction of sp³-hybridized carbons (Fsp3) is 0.500. The second-order valence-electron chi connectivity index (χ2n) is 8.95. The van der Waals surface area contributed by atoms with E-state index < -0.39 is 16.6 Å². The SMILES string of the molecule is CC(C)(C)OC(=O)N1CCN(Cc2c[nH]n(Cc3ccc4c(c3)OCO4)c(=O)c2=O)CC1. The first kappa shape index (κ1) is 21.9. The van der Waals surface area contributed by atoms with Crippen LogP contribution in [0.15, 0.2) is 34.0 Å². The first-order valence-corrected chi connectivity index (χ1v) is 10.6. The smallest absolute Gasteiger partial charge is 0.410 e. The van der Waals surface area contributed by atoms with Crippen LogP contribution in [0.2, 0.25) is 0 Å². The molecule has 2 aliphatic rings. The number of fused-ring (bicyclic) bond motifs is 1. The predicted octanol–water partition coefficient (Wildman–Crippen LogP) is 1.37. The van der Waals surface area contributed by atoms with Gasteiger partial charge < -0.3 is 24.2 Å². The van der Waals surface area contributed by atoms with Crippen molar-refractivity contribution in [3.63, 3.8) is 0 Å². The molecule has 1 aromatic heterocycles. The molecule has 1 aromatic carbocycles. The summed E-state index contributed by atoms with van der Waals surface area (Å²) in [5, 5.41) is 2.93. The van der Waals surface area contributed by atoms with Crippen molar-refractivity contribution in [3.8, 4) is 11.5 Å².